The van der Waals surface area contributed by atoms with Crippen molar-refractivity contribution in [3.8, 4) is 5.69 Å². The third kappa shape index (κ3) is 4.30. The Labute approximate surface area is 186 Å². The zero-order valence-corrected chi connectivity index (χ0v) is 19.3. The van der Waals surface area contributed by atoms with E-state index in [0.29, 0.717) is 5.91 Å². The summed E-state index contributed by atoms with van der Waals surface area (Å²) in [7, 11) is 0. The molecule has 0 saturated carbocycles. The number of imidazole rings is 1. The molecule has 4 rings (SSSR count). The van der Waals surface area contributed by atoms with Gasteiger partial charge in [0.25, 0.3) is 0 Å². The molecular formula is C24H29BrN4O. The standard InChI is InChI=1S/C24H29BrN4O/c1-3-28(4-2)24(30)18-8-7-15-27(16-18)17-23-26-21-9-5-6-10-22(21)29(23)20-13-11-19(25)12-14-20/h5-6,9-14,18H,3-4,7-8,15-17H2,1-2H3/t18-/m0/s1. The molecule has 158 valence electrons. The second-order valence-electron chi connectivity index (χ2n) is 7.91. The summed E-state index contributed by atoms with van der Waals surface area (Å²) in [5, 5.41) is 0. The highest BCUT2D eigenvalue weighted by Crippen LogP contribution is 2.26. The Morgan fingerprint density at radius 3 is 2.60 bits per heavy atom. The van der Waals surface area contributed by atoms with Crippen LogP contribution in [0, 0.1) is 5.92 Å². The SMILES string of the molecule is CCN(CC)C(=O)[C@H]1CCCN(Cc2nc3ccccc3n2-c2ccc(Br)cc2)C1. The molecule has 0 bridgehead atoms. The quantitative estimate of drug-likeness (QED) is 0.518. The molecule has 2 heterocycles. The molecule has 1 aromatic heterocycles. The molecule has 0 radical (unpaired) electrons. The predicted molar refractivity (Wildman–Crippen MR) is 125 cm³/mol. The van der Waals surface area contributed by atoms with E-state index in [-0.39, 0.29) is 5.92 Å². The molecular weight excluding hydrogens is 440 g/mol. The van der Waals surface area contributed by atoms with Crippen LogP contribution in [0.2, 0.25) is 0 Å². The highest BCUT2D eigenvalue weighted by Gasteiger charge is 2.29. The van der Waals surface area contributed by atoms with Crippen molar-refractivity contribution >= 4 is 32.9 Å². The van der Waals surface area contributed by atoms with Crippen molar-refractivity contribution in [2.75, 3.05) is 26.2 Å². The molecule has 30 heavy (non-hydrogen) atoms. The van der Waals surface area contributed by atoms with E-state index in [4.69, 9.17) is 4.98 Å². The summed E-state index contributed by atoms with van der Waals surface area (Å²) in [5.74, 6) is 1.41. The third-order valence-corrected chi connectivity index (χ3v) is 6.54. The van der Waals surface area contributed by atoms with Crippen molar-refractivity contribution in [3.05, 3.63) is 58.8 Å². The van der Waals surface area contributed by atoms with Crippen molar-refractivity contribution < 1.29 is 4.79 Å². The number of benzene rings is 2. The van der Waals surface area contributed by atoms with Gasteiger partial charge < -0.3 is 4.90 Å². The zero-order valence-electron chi connectivity index (χ0n) is 17.7. The molecule has 3 aromatic rings. The van der Waals surface area contributed by atoms with Gasteiger partial charge in [-0.25, -0.2) is 4.98 Å². The fourth-order valence-corrected chi connectivity index (χ4v) is 4.72. The van der Waals surface area contributed by atoms with Crippen LogP contribution < -0.4 is 0 Å². The second-order valence-corrected chi connectivity index (χ2v) is 8.83. The maximum Gasteiger partial charge on any atom is 0.226 e. The molecule has 1 amide bonds. The maximum atomic E-state index is 12.9. The molecule has 6 heteroatoms. The van der Waals surface area contributed by atoms with Crippen molar-refractivity contribution in [1.82, 2.24) is 19.4 Å². The lowest BCUT2D eigenvalue weighted by atomic mass is 9.96. The van der Waals surface area contributed by atoms with Crippen molar-refractivity contribution in [3.63, 3.8) is 0 Å². The minimum Gasteiger partial charge on any atom is -0.343 e. The van der Waals surface area contributed by atoms with Crippen LogP contribution in [0.3, 0.4) is 0 Å². The Bertz CT molecular complexity index is 1010. The van der Waals surface area contributed by atoms with Gasteiger partial charge in [0, 0.05) is 29.8 Å². The van der Waals surface area contributed by atoms with E-state index in [1.165, 1.54) is 0 Å². The first-order chi connectivity index (χ1) is 14.6. The molecule has 1 fully saturated rings. The molecule has 0 unspecified atom stereocenters. The van der Waals surface area contributed by atoms with E-state index in [1.807, 2.05) is 11.0 Å². The number of likely N-dealkylation sites (tertiary alicyclic amines) is 1. The number of aromatic nitrogens is 2. The number of carbonyl (C=O) groups is 1. The van der Waals surface area contributed by atoms with Crippen LogP contribution in [0.15, 0.2) is 53.0 Å². The van der Waals surface area contributed by atoms with Crippen LogP contribution in [0.25, 0.3) is 16.7 Å². The van der Waals surface area contributed by atoms with Gasteiger partial charge in [-0.3, -0.25) is 14.3 Å². The first-order valence-electron chi connectivity index (χ1n) is 10.8. The Morgan fingerprint density at radius 2 is 1.87 bits per heavy atom. The first-order valence-corrected chi connectivity index (χ1v) is 11.6. The van der Waals surface area contributed by atoms with E-state index in [2.05, 4.69) is 81.7 Å². The Hall–Kier alpha value is -2.18. The highest BCUT2D eigenvalue weighted by atomic mass is 79.9. The number of carbonyl (C=O) groups excluding carboxylic acids is 1. The van der Waals surface area contributed by atoms with E-state index in [0.717, 1.165) is 72.6 Å². The number of halogens is 1. The topological polar surface area (TPSA) is 41.4 Å². The summed E-state index contributed by atoms with van der Waals surface area (Å²) in [5.41, 5.74) is 3.22. The molecule has 1 atom stereocenters. The predicted octanol–water partition coefficient (Wildman–Crippen LogP) is 4.87. The van der Waals surface area contributed by atoms with Crippen LogP contribution in [-0.2, 0) is 11.3 Å². The van der Waals surface area contributed by atoms with Gasteiger partial charge in [0.1, 0.15) is 5.82 Å². The largest absolute Gasteiger partial charge is 0.343 e. The minimum absolute atomic E-state index is 0.0872. The molecule has 2 aromatic carbocycles. The van der Waals surface area contributed by atoms with Crippen LogP contribution >= 0.6 is 15.9 Å². The second kappa shape index (κ2) is 9.31. The normalized spacial score (nSPS) is 17.4. The van der Waals surface area contributed by atoms with Gasteiger partial charge in [0.2, 0.25) is 5.91 Å². The zero-order chi connectivity index (χ0) is 21.1. The molecule has 1 aliphatic heterocycles. The maximum absolute atomic E-state index is 12.9. The Balaban J connectivity index is 1.61. The number of fused-ring (bicyclic) bond motifs is 1. The monoisotopic (exact) mass is 468 g/mol. The molecule has 0 N–H and O–H groups in total. The molecule has 0 aliphatic carbocycles. The Kier molecular flexibility index (Phi) is 6.54. The summed E-state index contributed by atoms with van der Waals surface area (Å²) in [6, 6.07) is 16.6. The summed E-state index contributed by atoms with van der Waals surface area (Å²) in [4.78, 5) is 22.2. The summed E-state index contributed by atoms with van der Waals surface area (Å²) in [6.45, 7) is 8.23. The van der Waals surface area contributed by atoms with Gasteiger partial charge in [-0.15, -0.1) is 0 Å². The van der Waals surface area contributed by atoms with Gasteiger partial charge in [0.05, 0.1) is 23.5 Å². The number of para-hydroxylation sites is 2. The third-order valence-electron chi connectivity index (χ3n) is 6.01. The number of rotatable bonds is 6. The molecule has 1 aliphatic rings. The van der Waals surface area contributed by atoms with Gasteiger partial charge in [-0.1, -0.05) is 28.1 Å². The summed E-state index contributed by atoms with van der Waals surface area (Å²) in [6.07, 6.45) is 2.03. The van der Waals surface area contributed by atoms with E-state index in [9.17, 15) is 4.79 Å². The van der Waals surface area contributed by atoms with Gasteiger partial charge in [-0.05, 0) is 69.6 Å². The van der Waals surface area contributed by atoms with Gasteiger partial charge >= 0.3 is 0 Å². The molecule has 0 spiro atoms. The van der Waals surface area contributed by atoms with Crippen molar-refractivity contribution in [2.24, 2.45) is 5.92 Å². The van der Waals surface area contributed by atoms with Crippen LogP contribution in [0.4, 0.5) is 0 Å². The highest BCUT2D eigenvalue weighted by molar-refractivity contribution is 9.10. The number of hydrogen-bond donors (Lipinski definition) is 0. The van der Waals surface area contributed by atoms with Crippen LogP contribution in [0.1, 0.15) is 32.5 Å². The lowest BCUT2D eigenvalue weighted by Crippen LogP contribution is -2.44. The summed E-state index contributed by atoms with van der Waals surface area (Å²) >= 11 is 3.53. The fraction of sp³-hybridized carbons (Fsp3) is 0.417. The Morgan fingerprint density at radius 1 is 1.13 bits per heavy atom. The number of hydrogen-bond acceptors (Lipinski definition) is 3. The lowest BCUT2D eigenvalue weighted by Gasteiger charge is -2.34. The fourth-order valence-electron chi connectivity index (χ4n) is 4.45. The van der Waals surface area contributed by atoms with E-state index >= 15 is 0 Å². The lowest BCUT2D eigenvalue weighted by molar-refractivity contribution is -0.137. The van der Waals surface area contributed by atoms with Crippen LogP contribution in [0.5, 0.6) is 0 Å². The average molecular weight is 469 g/mol. The van der Waals surface area contributed by atoms with Gasteiger partial charge in [0.15, 0.2) is 0 Å². The van der Waals surface area contributed by atoms with Gasteiger partial charge in [-0.2, -0.15) is 0 Å². The van der Waals surface area contributed by atoms with Crippen molar-refractivity contribution in [1.29, 1.82) is 0 Å². The van der Waals surface area contributed by atoms with Crippen LogP contribution in [-0.4, -0.2) is 51.4 Å². The van der Waals surface area contributed by atoms with Crippen molar-refractivity contribution in [2.45, 2.75) is 33.2 Å². The number of piperidine rings is 1. The average Bonchev–Trinajstić information content (AvgIpc) is 3.13. The minimum atomic E-state index is 0.0872. The van der Waals surface area contributed by atoms with E-state index < -0.39 is 0 Å². The molecule has 5 nitrogen and oxygen atoms in total. The molecule has 1 saturated heterocycles. The smallest absolute Gasteiger partial charge is 0.226 e. The summed E-state index contributed by atoms with van der Waals surface area (Å²) < 4.78 is 3.31. The van der Waals surface area contributed by atoms with E-state index in [1.54, 1.807) is 0 Å². The number of nitrogens with zero attached hydrogens (tertiary/aromatic N) is 4. The number of amides is 1. The first kappa shape index (κ1) is 21.1.